The molecule has 2 aromatic carbocycles. The molecule has 0 aliphatic rings. The number of nitrogens with zero attached hydrogens (tertiary/aromatic N) is 1. The number of ether oxygens (including phenoxy) is 2. The molecular weight excluding hydrogens is 394 g/mol. The normalized spacial score (nSPS) is 12.1. The first-order valence-corrected chi connectivity index (χ1v) is 9.45. The Labute approximate surface area is 173 Å². The summed E-state index contributed by atoms with van der Waals surface area (Å²) in [6.07, 6.45) is -0.0397. The molecule has 1 N–H and O–H groups in total. The van der Waals surface area contributed by atoms with Crippen LogP contribution < -0.4 is 4.74 Å². The molecule has 29 heavy (non-hydrogen) atoms. The number of carboxylic acid groups (broad SMARTS) is 1. The van der Waals surface area contributed by atoms with Crippen LogP contribution in [0.15, 0.2) is 36.4 Å². The molecule has 0 bridgehead atoms. The summed E-state index contributed by atoms with van der Waals surface area (Å²) in [4.78, 5) is 22.3. The topological polar surface area (TPSA) is 77.8 Å². The van der Waals surface area contributed by atoms with Gasteiger partial charge >= 0.3 is 5.97 Å². The van der Waals surface area contributed by atoms with E-state index in [1.807, 2.05) is 26.0 Å². The number of hydrogen-bond acceptors (Lipinski definition) is 4. The zero-order chi connectivity index (χ0) is 21.1. The van der Waals surface area contributed by atoms with Crippen LogP contribution in [0, 0.1) is 13.8 Å². The first-order valence-electron chi connectivity index (χ1n) is 9.07. The molecule has 152 valence electrons. The van der Waals surface area contributed by atoms with Crippen molar-refractivity contribution in [1.82, 2.24) is 4.57 Å². The molecule has 7 heteroatoms. The maximum atomic E-state index is 11.3. The maximum absolute atomic E-state index is 11.3. The van der Waals surface area contributed by atoms with Gasteiger partial charge in [-0.2, -0.15) is 0 Å². The van der Waals surface area contributed by atoms with Gasteiger partial charge in [-0.05, 0) is 55.3 Å². The summed E-state index contributed by atoms with van der Waals surface area (Å²) in [5.41, 5.74) is 4.28. The van der Waals surface area contributed by atoms with Crippen LogP contribution in [-0.4, -0.2) is 41.7 Å². The fourth-order valence-electron chi connectivity index (χ4n) is 3.34. The van der Waals surface area contributed by atoms with Crippen LogP contribution in [0.1, 0.15) is 27.2 Å². The van der Waals surface area contributed by atoms with E-state index < -0.39 is 12.1 Å². The number of aldehydes is 1. The second-order valence-electron chi connectivity index (χ2n) is 6.85. The first-order chi connectivity index (χ1) is 13.8. The van der Waals surface area contributed by atoms with Crippen molar-refractivity contribution in [2.75, 3.05) is 13.7 Å². The van der Waals surface area contributed by atoms with Gasteiger partial charge in [-0.3, -0.25) is 4.79 Å². The molecule has 0 saturated heterocycles. The molecule has 3 aromatic rings. The van der Waals surface area contributed by atoms with Crippen molar-refractivity contribution < 1.29 is 24.2 Å². The van der Waals surface area contributed by atoms with Crippen LogP contribution in [0.2, 0.25) is 5.02 Å². The third-order valence-corrected chi connectivity index (χ3v) is 5.28. The van der Waals surface area contributed by atoms with Gasteiger partial charge in [-0.15, -0.1) is 0 Å². The molecule has 1 atom stereocenters. The first kappa shape index (κ1) is 20.9. The number of aryl methyl sites for hydroxylation is 1. The van der Waals surface area contributed by atoms with E-state index in [1.165, 1.54) is 7.11 Å². The SMILES string of the molecule is COC[C@H](C=O)Oc1ccc(Cn2c(C)c(C)c3cc(C(=O)O)ccc32)cc1Cl. The number of aromatic carboxylic acids is 1. The molecule has 0 saturated carbocycles. The summed E-state index contributed by atoms with van der Waals surface area (Å²) < 4.78 is 12.7. The van der Waals surface area contributed by atoms with E-state index in [9.17, 15) is 14.7 Å². The van der Waals surface area contributed by atoms with Crippen molar-refractivity contribution in [3.8, 4) is 5.75 Å². The minimum absolute atomic E-state index is 0.147. The number of carboxylic acids is 1. The van der Waals surface area contributed by atoms with E-state index in [0.717, 1.165) is 27.7 Å². The highest BCUT2D eigenvalue weighted by molar-refractivity contribution is 6.32. The van der Waals surface area contributed by atoms with Gasteiger partial charge < -0.3 is 19.1 Å². The summed E-state index contributed by atoms with van der Waals surface area (Å²) in [5, 5.41) is 10.6. The predicted octanol–water partition coefficient (Wildman–Crippen LogP) is 4.25. The molecule has 0 radical (unpaired) electrons. The maximum Gasteiger partial charge on any atom is 0.335 e. The number of carbonyl (C=O) groups excluding carboxylic acids is 1. The van der Waals surface area contributed by atoms with Gasteiger partial charge in [-0.1, -0.05) is 17.7 Å². The van der Waals surface area contributed by atoms with E-state index in [4.69, 9.17) is 21.1 Å². The molecular formula is C22H22ClNO5. The van der Waals surface area contributed by atoms with Crippen LogP contribution >= 0.6 is 11.6 Å². The minimum Gasteiger partial charge on any atom is -0.479 e. The van der Waals surface area contributed by atoms with Crippen molar-refractivity contribution in [3.05, 3.63) is 63.8 Å². The summed E-state index contributed by atoms with van der Waals surface area (Å²) in [6.45, 7) is 4.71. The smallest absolute Gasteiger partial charge is 0.335 e. The number of rotatable bonds is 8. The van der Waals surface area contributed by atoms with E-state index in [0.29, 0.717) is 23.6 Å². The minimum atomic E-state index is -0.943. The van der Waals surface area contributed by atoms with Crippen LogP contribution in [-0.2, 0) is 16.1 Å². The summed E-state index contributed by atoms with van der Waals surface area (Å²) in [7, 11) is 1.50. The number of methoxy groups -OCH3 is 1. The number of carbonyl (C=O) groups is 2. The van der Waals surface area contributed by atoms with Crippen LogP contribution in [0.3, 0.4) is 0 Å². The van der Waals surface area contributed by atoms with Gasteiger partial charge in [0.25, 0.3) is 0 Å². The molecule has 0 amide bonds. The average molecular weight is 416 g/mol. The molecule has 1 aromatic heterocycles. The van der Waals surface area contributed by atoms with Gasteiger partial charge in [0.1, 0.15) is 5.75 Å². The fraction of sp³-hybridized carbons (Fsp3) is 0.273. The lowest BCUT2D eigenvalue weighted by Gasteiger charge is -2.15. The van der Waals surface area contributed by atoms with Crippen LogP contribution in [0.5, 0.6) is 5.75 Å². The number of fused-ring (bicyclic) bond motifs is 1. The molecule has 0 aliphatic carbocycles. The Morgan fingerprint density at radius 2 is 2.00 bits per heavy atom. The Hall–Kier alpha value is -2.83. The van der Waals surface area contributed by atoms with Crippen molar-refractivity contribution >= 4 is 34.8 Å². The highest BCUT2D eigenvalue weighted by atomic mass is 35.5. The average Bonchev–Trinajstić information content (AvgIpc) is 2.93. The van der Waals surface area contributed by atoms with E-state index in [1.54, 1.807) is 24.3 Å². The third-order valence-electron chi connectivity index (χ3n) is 4.98. The highest BCUT2D eigenvalue weighted by Gasteiger charge is 2.15. The Bertz CT molecular complexity index is 1070. The van der Waals surface area contributed by atoms with Gasteiger partial charge in [0.15, 0.2) is 12.4 Å². The molecule has 0 unspecified atom stereocenters. The third kappa shape index (κ3) is 4.28. The Morgan fingerprint density at radius 1 is 1.24 bits per heavy atom. The number of benzene rings is 2. The van der Waals surface area contributed by atoms with Gasteiger partial charge in [0, 0.05) is 30.3 Å². The van der Waals surface area contributed by atoms with Gasteiger partial charge in [0.2, 0.25) is 0 Å². The van der Waals surface area contributed by atoms with E-state index in [2.05, 4.69) is 4.57 Å². The lowest BCUT2D eigenvalue weighted by Crippen LogP contribution is -2.23. The molecule has 1 heterocycles. The van der Waals surface area contributed by atoms with Crippen molar-refractivity contribution in [2.45, 2.75) is 26.5 Å². The van der Waals surface area contributed by atoms with Crippen molar-refractivity contribution in [3.63, 3.8) is 0 Å². The van der Waals surface area contributed by atoms with E-state index >= 15 is 0 Å². The van der Waals surface area contributed by atoms with Gasteiger partial charge in [-0.25, -0.2) is 4.79 Å². The standard InChI is InChI=1S/C22H22ClNO5/c1-13-14(2)24(20-6-5-16(22(26)27)9-18(13)20)10-15-4-7-21(19(23)8-15)29-17(11-25)12-28-3/h4-9,11,17H,10,12H2,1-3H3,(H,26,27)/t17-/m0/s1. The largest absolute Gasteiger partial charge is 0.479 e. The second kappa shape index (κ2) is 8.68. The molecule has 3 rings (SSSR count). The highest BCUT2D eigenvalue weighted by Crippen LogP contribution is 2.30. The monoisotopic (exact) mass is 415 g/mol. The number of hydrogen-bond donors (Lipinski definition) is 1. The number of halogens is 1. The zero-order valence-corrected chi connectivity index (χ0v) is 17.2. The lowest BCUT2D eigenvalue weighted by atomic mass is 10.1. The Balaban J connectivity index is 1.91. The zero-order valence-electron chi connectivity index (χ0n) is 16.4. The molecule has 0 fully saturated rings. The Kier molecular flexibility index (Phi) is 6.25. The molecule has 0 spiro atoms. The fourth-order valence-corrected chi connectivity index (χ4v) is 3.58. The van der Waals surface area contributed by atoms with Crippen molar-refractivity contribution in [2.24, 2.45) is 0 Å². The molecule has 0 aliphatic heterocycles. The lowest BCUT2D eigenvalue weighted by molar-refractivity contribution is -0.115. The quantitative estimate of drug-likeness (QED) is 0.556. The summed E-state index contributed by atoms with van der Waals surface area (Å²) in [5.74, 6) is -0.526. The molecule has 6 nitrogen and oxygen atoms in total. The van der Waals surface area contributed by atoms with Gasteiger partial charge in [0.05, 0.1) is 17.2 Å². The second-order valence-corrected chi connectivity index (χ2v) is 7.25. The summed E-state index contributed by atoms with van der Waals surface area (Å²) in [6, 6.07) is 10.6. The predicted molar refractivity (Wildman–Crippen MR) is 111 cm³/mol. The van der Waals surface area contributed by atoms with E-state index in [-0.39, 0.29) is 12.2 Å². The van der Waals surface area contributed by atoms with Crippen LogP contribution in [0.25, 0.3) is 10.9 Å². The van der Waals surface area contributed by atoms with Crippen LogP contribution in [0.4, 0.5) is 0 Å². The Morgan fingerprint density at radius 3 is 2.62 bits per heavy atom. The van der Waals surface area contributed by atoms with Crippen molar-refractivity contribution in [1.29, 1.82) is 0 Å². The number of aromatic nitrogens is 1. The summed E-state index contributed by atoms with van der Waals surface area (Å²) >= 11 is 6.36.